The SMILES string of the molecule is COc1ccc(C(=O)OCCN(CCCc2ccc([N+](=O)[O-])cc2)CCNc2cc(=O)n(C)c(=O)n2C)cc1. The average molecular weight is 540 g/mol. The molecule has 0 amide bonds. The molecule has 0 radical (unpaired) electrons. The van der Waals surface area contributed by atoms with E-state index in [1.54, 1.807) is 50.6 Å². The Bertz CT molecular complexity index is 1380. The van der Waals surface area contributed by atoms with E-state index < -0.39 is 22.1 Å². The second-order valence-corrected chi connectivity index (χ2v) is 8.93. The van der Waals surface area contributed by atoms with Gasteiger partial charge in [0.25, 0.3) is 11.2 Å². The second kappa shape index (κ2) is 13.9. The molecule has 39 heavy (non-hydrogen) atoms. The van der Waals surface area contributed by atoms with Crippen LogP contribution in [0.15, 0.2) is 64.2 Å². The molecule has 12 heteroatoms. The zero-order valence-corrected chi connectivity index (χ0v) is 22.3. The fraction of sp³-hybridized carbons (Fsp3) is 0.370. The number of methoxy groups -OCH3 is 1. The van der Waals surface area contributed by atoms with Crippen LogP contribution < -0.4 is 21.3 Å². The van der Waals surface area contributed by atoms with Gasteiger partial charge in [-0.3, -0.25) is 28.9 Å². The Kier molecular flexibility index (Phi) is 10.4. The second-order valence-electron chi connectivity index (χ2n) is 8.93. The normalized spacial score (nSPS) is 10.9. The molecule has 0 saturated carbocycles. The number of nitrogens with zero attached hydrogens (tertiary/aromatic N) is 4. The summed E-state index contributed by atoms with van der Waals surface area (Å²) in [7, 11) is 4.56. The third-order valence-electron chi connectivity index (χ3n) is 6.31. The molecule has 1 N–H and O–H groups in total. The van der Waals surface area contributed by atoms with Gasteiger partial charge < -0.3 is 14.8 Å². The highest BCUT2D eigenvalue weighted by atomic mass is 16.6. The smallest absolute Gasteiger partial charge is 0.338 e. The van der Waals surface area contributed by atoms with Gasteiger partial charge in [-0.25, -0.2) is 9.59 Å². The minimum Gasteiger partial charge on any atom is -0.497 e. The number of ether oxygens (including phenoxy) is 2. The molecule has 1 heterocycles. The third-order valence-corrected chi connectivity index (χ3v) is 6.31. The highest BCUT2D eigenvalue weighted by molar-refractivity contribution is 5.89. The van der Waals surface area contributed by atoms with Crippen LogP contribution in [0.25, 0.3) is 0 Å². The summed E-state index contributed by atoms with van der Waals surface area (Å²) in [6.45, 7) is 2.33. The summed E-state index contributed by atoms with van der Waals surface area (Å²) in [5.41, 5.74) is 0.644. The van der Waals surface area contributed by atoms with Crippen molar-refractivity contribution in [2.24, 2.45) is 14.1 Å². The van der Waals surface area contributed by atoms with Crippen LogP contribution in [-0.4, -0.2) is 64.8 Å². The van der Waals surface area contributed by atoms with Gasteiger partial charge in [0.05, 0.1) is 17.6 Å². The number of hydrogen-bond donors (Lipinski definition) is 1. The Hall–Kier alpha value is -4.45. The quantitative estimate of drug-likeness (QED) is 0.186. The zero-order chi connectivity index (χ0) is 28.4. The number of rotatable bonds is 14. The molecule has 0 spiro atoms. The van der Waals surface area contributed by atoms with Gasteiger partial charge in [-0.05, 0) is 49.2 Å². The van der Waals surface area contributed by atoms with Crippen LogP contribution in [0.2, 0.25) is 0 Å². The van der Waals surface area contributed by atoms with E-state index in [0.717, 1.165) is 23.0 Å². The van der Waals surface area contributed by atoms with Crippen LogP contribution in [-0.2, 0) is 25.3 Å². The molecule has 208 valence electrons. The predicted octanol–water partition coefficient (Wildman–Crippen LogP) is 2.20. The molecule has 0 bridgehead atoms. The molecule has 3 rings (SSSR count). The summed E-state index contributed by atoms with van der Waals surface area (Å²) < 4.78 is 13.0. The summed E-state index contributed by atoms with van der Waals surface area (Å²) in [6, 6.07) is 14.5. The lowest BCUT2D eigenvalue weighted by molar-refractivity contribution is -0.384. The maximum atomic E-state index is 12.4. The number of aryl methyl sites for hydroxylation is 1. The Morgan fingerprint density at radius 3 is 2.33 bits per heavy atom. The molecule has 0 unspecified atom stereocenters. The molecule has 0 aliphatic rings. The van der Waals surface area contributed by atoms with Crippen molar-refractivity contribution >= 4 is 17.5 Å². The van der Waals surface area contributed by atoms with E-state index in [2.05, 4.69) is 10.2 Å². The van der Waals surface area contributed by atoms with E-state index in [1.165, 1.54) is 29.8 Å². The number of carbonyl (C=O) groups is 1. The monoisotopic (exact) mass is 539 g/mol. The summed E-state index contributed by atoms with van der Waals surface area (Å²) in [5.74, 6) is 0.628. The Morgan fingerprint density at radius 2 is 1.69 bits per heavy atom. The number of non-ortho nitro benzene ring substituents is 1. The van der Waals surface area contributed by atoms with Crippen molar-refractivity contribution < 1.29 is 19.2 Å². The molecular formula is C27H33N5O7. The number of nitrogens with one attached hydrogen (secondary N) is 1. The molecular weight excluding hydrogens is 506 g/mol. The number of benzene rings is 2. The number of anilines is 1. The molecule has 0 atom stereocenters. The predicted molar refractivity (Wildman–Crippen MR) is 147 cm³/mol. The first kappa shape index (κ1) is 29.1. The number of aromatic nitrogens is 2. The molecule has 2 aromatic carbocycles. The third kappa shape index (κ3) is 8.27. The molecule has 3 aromatic rings. The van der Waals surface area contributed by atoms with Crippen LogP contribution in [0.4, 0.5) is 11.5 Å². The molecule has 12 nitrogen and oxygen atoms in total. The molecule has 0 aliphatic heterocycles. The van der Waals surface area contributed by atoms with Crippen LogP contribution >= 0.6 is 0 Å². The van der Waals surface area contributed by atoms with Crippen LogP contribution in [0.3, 0.4) is 0 Å². The number of hydrogen-bond acceptors (Lipinski definition) is 9. The van der Waals surface area contributed by atoms with Crippen LogP contribution in [0.5, 0.6) is 5.75 Å². The maximum Gasteiger partial charge on any atom is 0.338 e. The van der Waals surface area contributed by atoms with Crippen molar-refractivity contribution in [2.75, 3.05) is 45.2 Å². The standard InChI is InChI=1S/C27H33N5O7/c1-29-24(19-25(33)30(2)27(29)35)28-14-16-31(15-4-5-20-6-10-22(11-7-20)32(36)37)17-18-39-26(34)21-8-12-23(38-3)13-9-21/h6-13,19,28H,4-5,14-18H2,1-3H3. The van der Waals surface area contributed by atoms with Crippen molar-refractivity contribution in [1.29, 1.82) is 0 Å². The van der Waals surface area contributed by atoms with Gasteiger partial charge in [-0.1, -0.05) is 12.1 Å². The van der Waals surface area contributed by atoms with Crippen molar-refractivity contribution in [3.63, 3.8) is 0 Å². The van der Waals surface area contributed by atoms with Crippen LogP contribution in [0.1, 0.15) is 22.3 Å². The molecule has 0 aliphatic carbocycles. The van der Waals surface area contributed by atoms with Crippen LogP contribution in [0, 0.1) is 10.1 Å². The number of nitro benzene ring substituents is 1. The number of esters is 1. The van der Waals surface area contributed by atoms with E-state index in [9.17, 15) is 24.5 Å². The summed E-state index contributed by atoms with van der Waals surface area (Å²) in [5, 5.41) is 14.0. The van der Waals surface area contributed by atoms with E-state index in [-0.39, 0.29) is 12.3 Å². The van der Waals surface area contributed by atoms with Gasteiger partial charge in [0.2, 0.25) is 0 Å². The van der Waals surface area contributed by atoms with Gasteiger partial charge in [0.15, 0.2) is 0 Å². The molecule has 0 saturated heterocycles. The van der Waals surface area contributed by atoms with Crippen molar-refractivity contribution in [2.45, 2.75) is 12.8 Å². The first-order valence-corrected chi connectivity index (χ1v) is 12.5. The van der Waals surface area contributed by atoms with E-state index in [1.807, 2.05) is 0 Å². The van der Waals surface area contributed by atoms with Gasteiger partial charge in [0, 0.05) is 51.9 Å². The summed E-state index contributed by atoms with van der Waals surface area (Å²) in [6.07, 6.45) is 1.49. The molecule has 0 fully saturated rings. The van der Waals surface area contributed by atoms with Gasteiger partial charge >= 0.3 is 11.7 Å². The van der Waals surface area contributed by atoms with Gasteiger partial charge in [-0.15, -0.1) is 0 Å². The van der Waals surface area contributed by atoms with Crippen molar-refractivity contribution in [3.8, 4) is 5.75 Å². The first-order valence-electron chi connectivity index (χ1n) is 12.5. The zero-order valence-electron chi connectivity index (χ0n) is 22.3. The lowest BCUT2D eigenvalue weighted by atomic mass is 10.1. The lowest BCUT2D eigenvalue weighted by Gasteiger charge is -2.23. The van der Waals surface area contributed by atoms with E-state index in [4.69, 9.17) is 9.47 Å². The minimum atomic E-state index is -0.434. The highest BCUT2D eigenvalue weighted by Gasteiger charge is 2.12. The largest absolute Gasteiger partial charge is 0.497 e. The summed E-state index contributed by atoms with van der Waals surface area (Å²) >= 11 is 0. The van der Waals surface area contributed by atoms with Gasteiger partial charge in [0.1, 0.15) is 18.2 Å². The van der Waals surface area contributed by atoms with Crippen molar-refractivity contribution in [1.82, 2.24) is 14.0 Å². The topological polar surface area (TPSA) is 138 Å². The summed E-state index contributed by atoms with van der Waals surface area (Å²) in [4.78, 5) is 49.2. The minimum absolute atomic E-state index is 0.0512. The Balaban J connectivity index is 1.57. The lowest BCUT2D eigenvalue weighted by Crippen LogP contribution is -2.38. The number of carbonyl (C=O) groups excluding carboxylic acids is 1. The fourth-order valence-electron chi connectivity index (χ4n) is 3.95. The Morgan fingerprint density at radius 1 is 1.00 bits per heavy atom. The Labute approximate surface area is 225 Å². The first-order chi connectivity index (χ1) is 18.7. The average Bonchev–Trinajstić information content (AvgIpc) is 2.94. The van der Waals surface area contributed by atoms with Crippen molar-refractivity contribution in [3.05, 3.63) is 96.7 Å². The van der Waals surface area contributed by atoms with Gasteiger partial charge in [-0.2, -0.15) is 0 Å². The maximum absolute atomic E-state index is 12.4. The molecule has 1 aromatic heterocycles. The fourth-order valence-corrected chi connectivity index (χ4v) is 3.95. The van der Waals surface area contributed by atoms with E-state index >= 15 is 0 Å². The number of nitro groups is 1. The van der Waals surface area contributed by atoms with E-state index in [0.29, 0.717) is 43.3 Å². The highest BCUT2D eigenvalue weighted by Crippen LogP contribution is 2.14.